The first kappa shape index (κ1) is 21.0. The predicted octanol–water partition coefficient (Wildman–Crippen LogP) is 5.23. The van der Waals surface area contributed by atoms with Crippen LogP contribution in [0.2, 0.25) is 5.02 Å². The van der Waals surface area contributed by atoms with Crippen molar-refractivity contribution < 1.29 is 14.3 Å². The first-order valence-corrected chi connectivity index (χ1v) is 11.1. The third-order valence-electron chi connectivity index (χ3n) is 5.55. The first-order valence-electron chi connectivity index (χ1n) is 10.7. The number of nitrogens with zero attached hydrogens (tertiary/aromatic N) is 1. The van der Waals surface area contributed by atoms with E-state index in [4.69, 9.17) is 21.1 Å². The Labute approximate surface area is 183 Å². The Morgan fingerprint density at radius 1 is 1.13 bits per heavy atom. The Balaban J connectivity index is 1.41. The molecule has 30 heavy (non-hydrogen) atoms. The average molecular weight is 429 g/mol. The number of fused-ring (bicyclic) bond motifs is 1. The molecule has 0 atom stereocenters. The molecular weight excluding hydrogens is 400 g/mol. The normalized spacial score (nSPS) is 15.9. The second kappa shape index (κ2) is 9.27. The minimum absolute atomic E-state index is 0.0721. The monoisotopic (exact) mass is 428 g/mol. The summed E-state index contributed by atoms with van der Waals surface area (Å²) in [6.07, 6.45) is 3.10. The molecule has 2 aliphatic rings. The molecule has 0 radical (unpaired) electrons. The molecule has 0 unspecified atom stereocenters. The first-order chi connectivity index (χ1) is 14.5. The van der Waals surface area contributed by atoms with Crippen LogP contribution < -0.4 is 14.8 Å². The van der Waals surface area contributed by atoms with Crippen LogP contribution >= 0.6 is 11.6 Å². The van der Waals surface area contributed by atoms with E-state index in [0.717, 1.165) is 25.8 Å². The summed E-state index contributed by atoms with van der Waals surface area (Å²) in [5, 5.41) is 3.41. The van der Waals surface area contributed by atoms with Crippen LogP contribution in [0.25, 0.3) is 0 Å². The highest BCUT2D eigenvalue weighted by atomic mass is 35.5. The highest BCUT2D eigenvalue weighted by Crippen LogP contribution is 2.37. The number of benzene rings is 2. The third-order valence-corrected chi connectivity index (χ3v) is 5.87. The van der Waals surface area contributed by atoms with E-state index < -0.39 is 0 Å². The maximum Gasteiger partial charge on any atom is 0.238 e. The van der Waals surface area contributed by atoms with Crippen molar-refractivity contribution in [1.29, 1.82) is 0 Å². The molecule has 1 saturated carbocycles. The molecule has 1 aliphatic heterocycles. The molecule has 0 saturated heterocycles. The molecule has 0 bridgehead atoms. The Hall–Kier alpha value is -2.24. The quantitative estimate of drug-likeness (QED) is 0.656. The van der Waals surface area contributed by atoms with Crippen LogP contribution in [0.1, 0.15) is 50.2 Å². The molecule has 1 fully saturated rings. The lowest BCUT2D eigenvalue weighted by atomic mass is 10.0. The van der Waals surface area contributed by atoms with Crippen molar-refractivity contribution in [2.24, 2.45) is 0 Å². The van der Waals surface area contributed by atoms with E-state index in [-0.39, 0.29) is 5.91 Å². The van der Waals surface area contributed by atoms with Crippen molar-refractivity contribution in [2.45, 2.75) is 51.6 Å². The molecule has 0 spiro atoms. The van der Waals surface area contributed by atoms with Crippen molar-refractivity contribution in [2.75, 3.05) is 25.1 Å². The zero-order chi connectivity index (χ0) is 21.1. The predicted molar refractivity (Wildman–Crippen MR) is 120 cm³/mol. The molecule has 2 aromatic rings. The van der Waals surface area contributed by atoms with Crippen LogP contribution in [0.15, 0.2) is 36.4 Å². The van der Waals surface area contributed by atoms with E-state index in [9.17, 15) is 4.79 Å². The molecule has 1 amide bonds. The van der Waals surface area contributed by atoms with Gasteiger partial charge in [0.15, 0.2) is 11.5 Å². The topological polar surface area (TPSA) is 50.8 Å². The van der Waals surface area contributed by atoms with Gasteiger partial charge in [0.05, 0.1) is 30.5 Å². The van der Waals surface area contributed by atoms with Crippen molar-refractivity contribution in [1.82, 2.24) is 4.90 Å². The standard InChI is InChI=1S/C24H29ClN2O3/c1-16(2)18-6-4-17(5-7-18)14-27(19-8-9-19)15-24(28)26-21-13-23-22(12-20(21)25)29-10-3-11-30-23/h4-7,12-13,16,19H,3,8-11,14-15H2,1-2H3,(H,26,28). The number of rotatable bonds is 7. The fraction of sp³-hybridized carbons (Fsp3) is 0.458. The number of hydrogen-bond donors (Lipinski definition) is 1. The summed E-state index contributed by atoms with van der Waals surface area (Å²) in [5.74, 6) is 1.69. The van der Waals surface area contributed by atoms with Gasteiger partial charge in [-0.1, -0.05) is 49.7 Å². The molecule has 5 nitrogen and oxygen atoms in total. The number of hydrogen-bond acceptors (Lipinski definition) is 4. The van der Waals surface area contributed by atoms with Gasteiger partial charge in [0.1, 0.15) is 0 Å². The number of carbonyl (C=O) groups is 1. The number of anilines is 1. The summed E-state index contributed by atoms with van der Waals surface area (Å²) in [6.45, 7) is 6.69. The third kappa shape index (κ3) is 5.27. The lowest BCUT2D eigenvalue weighted by molar-refractivity contribution is -0.117. The van der Waals surface area contributed by atoms with Crippen LogP contribution in [0, 0.1) is 0 Å². The van der Waals surface area contributed by atoms with Gasteiger partial charge in [-0.05, 0) is 29.9 Å². The summed E-state index contributed by atoms with van der Waals surface area (Å²) in [5.41, 5.74) is 3.12. The van der Waals surface area contributed by atoms with Crippen LogP contribution in [0.5, 0.6) is 11.5 Å². The smallest absolute Gasteiger partial charge is 0.238 e. The zero-order valence-electron chi connectivity index (χ0n) is 17.6. The van der Waals surface area contributed by atoms with E-state index in [0.29, 0.717) is 53.9 Å². The highest BCUT2D eigenvalue weighted by Gasteiger charge is 2.30. The molecule has 1 N–H and O–H groups in total. The summed E-state index contributed by atoms with van der Waals surface area (Å²) in [6, 6.07) is 12.7. The van der Waals surface area contributed by atoms with Crippen LogP contribution in [0.3, 0.4) is 0 Å². The summed E-state index contributed by atoms with van der Waals surface area (Å²) >= 11 is 6.38. The van der Waals surface area contributed by atoms with E-state index >= 15 is 0 Å². The minimum atomic E-state index is -0.0721. The summed E-state index contributed by atoms with van der Waals surface area (Å²) in [7, 11) is 0. The van der Waals surface area contributed by atoms with Gasteiger partial charge in [-0.15, -0.1) is 0 Å². The number of nitrogens with one attached hydrogen (secondary N) is 1. The summed E-state index contributed by atoms with van der Waals surface area (Å²) in [4.78, 5) is 15.0. The number of ether oxygens (including phenoxy) is 2. The molecule has 1 aliphatic carbocycles. The van der Waals surface area contributed by atoms with Crippen molar-refractivity contribution in [3.8, 4) is 11.5 Å². The van der Waals surface area contributed by atoms with Gasteiger partial charge in [0.2, 0.25) is 5.91 Å². The molecule has 4 rings (SSSR count). The number of carbonyl (C=O) groups excluding carboxylic acids is 1. The Kier molecular flexibility index (Phi) is 6.49. The van der Waals surface area contributed by atoms with Crippen LogP contribution in [0.4, 0.5) is 5.69 Å². The largest absolute Gasteiger partial charge is 0.490 e. The minimum Gasteiger partial charge on any atom is -0.490 e. The Morgan fingerprint density at radius 3 is 2.43 bits per heavy atom. The Bertz CT molecular complexity index is 894. The van der Waals surface area contributed by atoms with E-state index in [2.05, 4.69) is 48.3 Å². The van der Waals surface area contributed by atoms with Gasteiger partial charge in [-0.25, -0.2) is 0 Å². The van der Waals surface area contributed by atoms with Gasteiger partial charge >= 0.3 is 0 Å². The van der Waals surface area contributed by atoms with Gasteiger partial charge in [-0.2, -0.15) is 0 Å². The lowest BCUT2D eigenvalue weighted by Gasteiger charge is -2.22. The van der Waals surface area contributed by atoms with Gasteiger partial charge in [-0.3, -0.25) is 9.69 Å². The summed E-state index contributed by atoms with van der Waals surface area (Å²) < 4.78 is 11.4. The molecule has 0 aromatic heterocycles. The average Bonchev–Trinajstić information content (AvgIpc) is 3.56. The van der Waals surface area contributed by atoms with E-state index in [1.165, 1.54) is 11.1 Å². The Morgan fingerprint density at radius 2 is 1.80 bits per heavy atom. The van der Waals surface area contributed by atoms with Crippen molar-refractivity contribution in [3.63, 3.8) is 0 Å². The van der Waals surface area contributed by atoms with Crippen molar-refractivity contribution in [3.05, 3.63) is 52.5 Å². The highest BCUT2D eigenvalue weighted by molar-refractivity contribution is 6.34. The second-order valence-electron chi connectivity index (χ2n) is 8.41. The fourth-order valence-electron chi connectivity index (χ4n) is 3.65. The molecule has 6 heteroatoms. The zero-order valence-corrected chi connectivity index (χ0v) is 18.4. The molecule has 160 valence electrons. The van der Waals surface area contributed by atoms with E-state index in [1.807, 2.05) is 0 Å². The van der Waals surface area contributed by atoms with Gasteiger partial charge < -0.3 is 14.8 Å². The fourth-order valence-corrected chi connectivity index (χ4v) is 3.85. The molecular formula is C24H29ClN2O3. The van der Waals surface area contributed by atoms with E-state index in [1.54, 1.807) is 12.1 Å². The SMILES string of the molecule is CC(C)c1ccc(CN(CC(=O)Nc2cc3c(cc2Cl)OCCCO3)C2CC2)cc1. The molecule has 2 aromatic carbocycles. The maximum atomic E-state index is 12.8. The van der Waals surface area contributed by atoms with Gasteiger partial charge in [0, 0.05) is 31.1 Å². The van der Waals surface area contributed by atoms with Crippen molar-refractivity contribution >= 4 is 23.2 Å². The number of halogens is 1. The van der Waals surface area contributed by atoms with Gasteiger partial charge in [0.25, 0.3) is 0 Å². The molecule has 1 heterocycles. The van der Waals surface area contributed by atoms with Crippen LogP contribution in [-0.4, -0.2) is 36.6 Å². The number of amides is 1. The second-order valence-corrected chi connectivity index (χ2v) is 8.82. The van der Waals surface area contributed by atoms with Crippen LogP contribution in [-0.2, 0) is 11.3 Å². The lowest BCUT2D eigenvalue weighted by Crippen LogP contribution is -2.34. The maximum absolute atomic E-state index is 12.8.